The third-order valence-corrected chi connectivity index (χ3v) is 7.55. The molecule has 0 saturated heterocycles. The fraction of sp³-hybridized carbons (Fsp3) is 0.231. The first-order chi connectivity index (χ1) is 16.0. The minimum Gasteiger partial charge on any atom is -0.457 e. The highest BCUT2D eigenvalue weighted by atomic mass is 35.5. The van der Waals surface area contributed by atoms with Crippen LogP contribution in [0.15, 0.2) is 71.6 Å². The number of likely N-dealkylation sites (N-methyl/N-ethyl adjacent to an activating group) is 1. The molecule has 0 bridgehead atoms. The number of hydrogen-bond donors (Lipinski definition) is 0. The van der Waals surface area contributed by atoms with Gasteiger partial charge in [-0.1, -0.05) is 47.7 Å². The van der Waals surface area contributed by atoms with Gasteiger partial charge in [0, 0.05) is 29.1 Å². The van der Waals surface area contributed by atoms with Gasteiger partial charge in [-0.2, -0.15) is 0 Å². The van der Waals surface area contributed by atoms with Crippen LogP contribution in [0.5, 0.6) is 11.5 Å². The number of thioether (sulfide) groups is 1. The van der Waals surface area contributed by atoms with E-state index in [9.17, 15) is 4.79 Å². The fourth-order valence-corrected chi connectivity index (χ4v) is 5.62. The lowest BCUT2D eigenvalue weighted by atomic mass is 9.87. The summed E-state index contributed by atoms with van der Waals surface area (Å²) in [4.78, 5) is 24.2. The molecule has 0 aliphatic carbocycles. The number of carbonyl (C=O) groups is 1. The van der Waals surface area contributed by atoms with Crippen LogP contribution < -0.4 is 9.64 Å². The molecule has 3 aromatic carbocycles. The van der Waals surface area contributed by atoms with Gasteiger partial charge in [0.1, 0.15) is 11.5 Å². The molecule has 0 atom stereocenters. The van der Waals surface area contributed by atoms with Crippen LogP contribution in [0.1, 0.15) is 17.0 Å². The number of rotatable bonds is 6. The summed E-state index contributed by atoms with van der Waals surface area (Å²) >= 11 is 3.28. The van der Waals surface area contributed by atoms with Crippen molar-refractivity contribution in [2.45, 2.75) is 10.8 Å². The maximum Gasteiger partial charge on any atom is 0.241 e. The Balaban J connectivity index is 0.00000274. The van der Waals surface area contributed by atoms with Gasteiger partial charge in [0.25, 0.3) is 0 Å². The summed E-state index contributed by atoms with van der Waals surface area (Å²) in [7, 11) is 4.04. The number of carbonyl (C=O) groups excluding carboxylic acids is 1. The van der Waals surface area contributed by atoms with Crippen LogP contribution in [-0.2, 0) is 4.79 Å². The zero-order valence-electron chi connectivity index (χ0n) is 19.2. The van der Waals surface area contributed by atoms with Crippen molar-refractivity contribution in [2.75, 3.05) is 38.3 Å². The highest BCUT2D eigenvalue weighted by Crippen LogP contribution is 2.45. The standard InChI is InChI=1S/C26H25N3O2S2.ClH/c1-28(2)14-15-29(26-27-20-13-12-17(32-3)16-23(20)33-26)25(30)24-18-8-4-6-10-21(18)31-22-11-7-5-9-19(22)24;/h4-13,16,24H,14-15H2,1-3H3;1H. The highest BCUT2D eigenvalue weighted by Gasteiger charge is 2.36. The summed E-state index contributed by atoms with van der Waals surface area (Å²) < 4.78 is 7.21. The van der Waals surface area contributed by atoms with E-state index in [0.717, 1.165) is 44.5 Å². The van der Waals surface area contributed by atoms with E-state index in [1.807, 2.05) is 73.6 Å². The van der Waals surface area contributed by atoms with Crippen molar-refractivity contribution in [3.63, 3.8) is 0 Å². The van der Waals surface area contributed by atoms with Gasteiger partial charge < -0.3 is 9.64 Å². The predicted octanol–water partition coefficient (Wildman–Crippen LogP) is 6.27. The Hall–Kier alpha value is -2.58. The second-order valence-corrected chi connectivity index (χ2v) is 10.1. The zero-order valence-corrected chi connectivity index (χ0v) is 21.7. The number of amides is 1. The second-order valence-electron chi connectivity index (χ2n) is 8.23. The third-order valence-electron chi connectivity index (χ3n) is 5.78. The molecular weight excluding hydrogens is 486 g/mol. The van der Waals surface area contributed by atoms with Gasteiger partial charge >= 0.3 is 0 Å². The number of halogens is 1. The van der Waals surface area contributed by atoms with Gasteiger partial charge in [0.05, 0.1) is 16.1 Å². The van der Waals surface area contributed by atoms with Crippen molar-refractivity contribution >= 4 is 56.8 Å². The molecule has 2 heterocycles. The molecule has 0 saturated carbocycles. The lowest BCUT2D eigenvalue weighted by molar-refractivity contribution is -0.119. The van der Waals surface area contributed by atoms with Gasteiger partial charge in [0.2, 0.25) is 5.91 Å². The second kappa shape index (κ2) is 10.4. The zero-order chi connectivity index (χ0) is 22.9. The first kappa shape index (κ1) is 24.5. The lowest BCUT2D eigenvalue weighted by Crippen LogP contribution is -2.40. The SMILES string of the molecule is CSc1ccc2nc(N(CCN(C)C)C(=O)C3c4ccccc4Oc4ccccc43)sc2c1.Cl. The maximum absolute atomic E-state index is 14.3. The van der Waals surface area contributed by atoms with Gasteiger partial charge in [0.15, 0.2) is 5.13 Å². The quantitative estimate of drug-likeness (QED) is 0.285. The molecule has 0 fully saturated rings. The monoisotopic (exact) mass is 511 g/mol. The molecule has 4 aromatic rings. The summed E-state index contributed by atoms with van der Waals surface area (Å²) in [5.74, 6) is 1.04. The Bertz CT molecular complexity index is 1280. The van der Waals surface area contributed by atoms with Gasteiger partial charge in [-0.15, -0.1) is 24.2 Å². The molecule has 0 N–H and O–H groups in total. The van der Waals surface area contributed by atoms with Gasteiger partial charge in [-0.05, 0) is 50.7 Å². The molecule has 176 valence electrons. The van der Waals surface area contributed by atoms with E-state index in [4.69, 9.17) is 9.72 Å². The summed E-state index contributed by atoms with van der Waals surface area (Å²) in [5.41, 5.74) is 2.70. The van der Waals surface area contributed by atoms with Gasteiger partial charge in [-0.25, -0.2) is 4.98 Å². The maximum atomic E-state index is 14.3. The average Bonchev–Trinajstić information content (AvgIpc) is 3.25. The number of aromatic nitrogens is 1. The Kier molecular flexibility index (Phi) is 7.48. The Morgan fingerprint density at radius 3 is 2.26 bits per heavy atom. The fourth-order valence-electron chi connectivity index (χ4n) is 4.07. The molecule has 0 spiro atoms. The third kappa shape index (κ3) is 4.66. The van der Waals surface area contributed by atoms with Crippen molar-refractivity contribution in [1.82, 2.24) is 9.88 Å². The number of benzene rings is 3. The smallest absolute Gasteiger partial charge is 0.241 e. The van der Waals surface area contributed by atoms with E-state index in [0.29, 0.717) is 6.54 Å². The minimum absolute atomic E-state index is 0. The molecule has 0 unspecified atom stereocenters. The largest absolute Gasteiger partial charge is 0.457 e. The summed E-state index contributed by atoms with van der Waals surface area (Å²) in [6.07, 6.45) is 2.07. The Morgan fingerprint density at radius 1 is 1.00 bits per heavy atom. The van der Waals surface area contributed by atoms with Crippen LogP contribution in [0.3, 0.4) is 0 Å². The number of anilines is 1. The van der Waals surface area contributed by atoms with Crippen molar-refractivity contribution in [3.8, 4) is 11.5 Å². The van der Waals surface area contributed by atoms with E-state index in [1.54, 1.807) is 23.1 Å². The van der Waals surface area contributed by atoms with Crippen molar-refractivity contribution in [3.05, 3.63) is 77.9 Å². The molecule has 1 aromatic heterocycles. The van der Waals surface area contributed by atoms with Crippen LogP contribution in [0, 0.1) is 0 Å². The normalized spacial score (nSPS) is 12.6. The number of para-hydroxylation sites is 2. The summed E-state index contributed by atoms with van der Waals surface area (Å²) in [5, 5.41) is 0.733. The molecule has 1 amide bonds. The first-order valence-electron chi connectivity index (χ1n) is 10.8. The molecule has 1 aliphatic heterocycles. The van der Waals surface area contributed by atoms with Crippen LogP contribution in [0.4, 0.5) is 5.13 Å². The molecule has 8 heteroatoms. The van der Waals surface area contributed by atoms with E-state index in [2.05, 4.69) is 23.3 Å². The lowest BCUT2D eigenvalue weighted by Gasteiger charge is -2.31. The summed E-state index contributed by atoms with van der Waals surface area (Å²) in [6.45, 7) is 1.30. The highest BCUT2D eigenvalue weighted by molar-refractivity contribution is 7.98. The molecule has 0 radical (unpaired) electrons. The topological polar surface area (TPSA) is 45.7 Å². The van der Waals surface area contributed by atoms with Gasteiger partial charge in [-0.3, -0.25) is 9.69 Å². The molecule has 5 rings (SSSR count). The average molecular weight is 512 g/mol. The van der Waals surface area contributed by atoms with Crippen molar-refractivity contribution in [1.29, 1.82) is 0 Å². The number of nitrogens with zero attached hydrogens (tertiary/aromatic N) is 3. The molecule has 1 aliphatic rings. The van der Waals surface area contributed by atoms with E-state index in [1.165, 1.54) is 4.90 Å². The number of ether oxygens (including phenoxy) is 1. The van der Waals surface area contributed by atoms with Crippen molar-refractivity contribution < 1.29 is 9.53 Å². The minimum atomic E-state index is -0.443. The van der Waals surface area contributed by atoms with Crippen molar-refractivity contribution in [2.24, 2.45) is 0 Å². The van der Waals surface area contributed by atoms with E-state index >= 15 is 0 Å². The number of thiazole rings is 1. The molecule has 34 heavy (non-hydrogen) atoms. The predicted molar refractivity (Wildman–Crippen MR) is 144 cm³/mol. The summed E-state index contributed by atoms with van der Waals surface area (Å²) in [6, 6.07) is 21.9. The van der Waals surface area contributed by atoms with Crippen LogP contribution in [0.25, 0.3) is 10.2 Å². The molecular formula is C26H26ClN3O2S2. The van der Waals surface area contributed by atoms with E-state index in [-0.39, 0.29) is 18.3 Å². The Morgan fingerprint density at radius 2 is 1.65 bits per heavy atom. The van der Waals surface area contributed by atoms with E-state index < -0.39 is 5.92 Å². The van der Waals surface area contributed by atoms with Crippen LogP contribution >= 0.6 is 35.5 Å². The van der Waals surface area contributed by atoms with Crippen LogP contribution in [0.2, 0.25) is 0 Å². The first-order valence-corrected chi connectivity index (χ1v) is 12.9. The molecule has 5 nitrogen and oxygen atoms in total. The number of fused-ring (bicyclic) bond motifs is 3. The number of hydrogen-bond acceptors (Lipinski definition) is 6. The van der Waals surface area contributed by atoms with Crippen LogP contribution in [-0.4, -0.2) is 49.2 Å². The Labute approximate surface area is 214 Å².